The quantitative estimate of drug-likeness (QED) is 0.514. The Kier molecular flexibility index (Phi) is 10.8. The first kappa shape index (κ1) is 21.4. The average Bonchev–Trinajstić information content (AvgIpc) is 2.53. The molecule has 0 spiro atoms. The molecule has 1 amide bonds. The lowest BCUT2D eigenvalue weighted by atomic mass is 9.82. The van der Waals surface area contributed by atoms with Gasteiger partial charge in [-0.3, -0.25) is 4.79 Å². The molecule has 0 heterocycles. The Morgan fingerprint density at radius 1 is 0.955 bits per heavy atom. The summed E-state index contributed by atoms with van der Waals surface area (Å²) in [6.07, 6.45) is 7.95. The summed E-state index contributed by atoms with van der Waals surface area (Å²) in [4.78, 5) is 11.6. The highest BCUT2D eigenvalue weighted by Crippen LogP contribution is 2.32. The lowest BCUT2D eigenvalue weighted by Gasteiger charge is -2.34. The highest BCUT2D eigenvalue weighted by atomic mass is 16.5. The summed E-state index contributed by atoms with van der Waals surface area (Å²) < 4.78 is 6.32. The minimum Gasteiger partial charge on any atom is -0.375 e. The number of hydrogen-bond donors (Lipinski definition) is 1. The maximum atomic E-state index is 11.6. The van der Waals surface area contributed by atoms with Gasteiger partial charge in [-0.15, -0.1) is 0 Å². The number of carbonyl (C=O) groups is 1. The molecule has 0 bridgehead atoms. The van der Waals surface area contributed by atoms with Gasteiger partial charge in [-0.1, -0.05) is 54.4 Å². The maximum Gasteiger partial charge on any atom is 0.219 e. The smallest absolute Gasteiger partial charge is 0.219 e. The summed E-state index contributed by atoms with van der Waals surface area (Å²) in [6, 6.07) is 0. The van der Waals surface area contributed by atoms with Crippen LogP contribution in [0.2, 0.25) is 0 Å². The van der Waals surface area contributed by atoms with E-state index in [0.717, 1.165) is 45.3 Å². The van der Waals surface area contributed by atoms with Crippen molar-refractivity contribution in [2.45, 2.75) is 98.5 Å². The van der Waals surface area contributed by atoms with Gasteiger partial charge >= 0.3 is 0 Å². The highest BCUT2D eigenvalue weighted by molar-refractivity contribution is 5.75. The molecule has 0 saturated heterocycles. The van der Waals surface area contributed by atoms with E-state index in [-0.39, 0.29) is 11.5 Å². The Morgan fingerprint density at radius 3 is 2.00 bits per heavy atom. The summed E-state index contributed by atoms with van der Waals surface area (Å²) in [6.45, 7) is 14.8. The minimum atomic E-state index is -0.0815. The third kappa shape index (κ3) is 7.62. The molecule has 0 aromatic rings. The van der Waals surface area contributed by atoms with Crippen LogP contribution in [0.3, 0.4) is 0 Å². The Labute approximate surface area is 138 Å². The minimum absolute atomic E-state index is 0.0815. The van der Waals surface area contributed by atoms with Crippen LogP contribution < -0.4 is 5.32 Å². The molecule has 0 aromatic carbocycles. The lowest BCUT2D eigenvalue weighted by molar-refractivity contribution is -0.121. The molecular formula is C19H39NO2. The fourth-order valence-electron chi connectivity index (χ4n) is 2.74. The van der Waals surface area contributed by atoms with E-state index >= 15 is 0 Å². The fourth-order valence-corrected chi connectivity index (χ4v) is 2.74. The number of rotatable bonds is 13. The molecule has 0 aliphatic carbocycles. The molecule has 3 nitrogen and oxygen atoms in total. The van der Waals surface area contributed by atoms with Gasteiger partial charge in [0.05, 0.1) is 5.60 Å². The van der Waals surface area contributed by atoms with Crippen LogP contribution in [-0.4, -0.2) is 24.7 Å². The second kappa shape index (κ2) is 11.0. The first-order valence-corrected chi connectivity index (χ1v) is 9.31. The Hall–Kier alpha value is -0.570. The second-order valence-electron chi connectivity index (χ2n) is 6.86. The molecule has 0 rings (SSSR count). The van der Waals surface area contributed by atoms with Gasteiger partial charge in [-0.25, -0.2) is 0 Å². The zero-order valence-electron chi connectivity index (χ0n) is 15.9. The molecule has 0 fully saturated rings. The summed E-state index contributed by atoms with van der Waals surface area (Å²) in [5.74, 6) is 0.160. The zero-order valence-corrected chi connectivity index (χ0v) is 15.9. The van der Waals surface area contributed by atoms with Crippen molar-refractivity contribution in [1.29, 1.82) is 0 Å². The van der Waals surface area contributed by atoms with Crippen molar-refractivity contribution < 1.29 is 9.53 Å². The Bertz CT molecular complexity index is 294. The SMILES string of the molecule is CCCC(=O)NCCC(CC)(CC)OCCC(C)(CC)CC. The molecule has 0 saturated carbocycles. The average molecular weight is 314 g/mol. The molecule has 0 radical (unpaired) electrons. The highest BCUT2D eigenvalue weighted by Gasteiger charge is 2.28. The summed E-state index contributed by atoms with van der Waals surface area (Å²) in [5, 5.41) is 3.02. The first-order valence-electron chi connectivity index (χ1n) is 9.31. The van der Waals surface area contributed by atoms with Gasteiger partial charge in [0, 0.05) is 19.6 Å². The summed E-state index contributed by atoms with van der Waals surface area (Å²) in [7, 11) is 0. The topological polar surface area (TPSA) is 38.3 Å². The molecular weight excluding hydrogens is 274 g/mol. The van der Waals surface area contributed by atoms with Crippen LogP contribution in [0.5, 0.6) is 0 Å². The van der Waals surface area contributed by atoms with Crippen molar-refractivity contribution in [3.63, 3.8) is 0 Å². The van der Waals surface area contributed by atoms with E-state index in [0.29, 0.717) is 11.8 Å². The molecule has 132 valence electrons. The molecule has 0 aromatic heterocycles. The first-order chi connectivity index (χ1) is 10.4. The van der Waals surface area contributed by atoms with Gasteiger partial charge in [0.15, 0.2) is 0 Å². The van der Waals surface area contributed by atoms with E-state index in [4.69, 9.17) is 4.74 Å². The number of hydrogen-bond acceptors (Lipinski definition) is 2. The van der Waals surface area contributed by atoms with Crippen LogP contribution in [0.4, 0.5) is 0 Å². The van der Waals surface area contributed by atoms with Gasteiger partial charge in [0.1, 0.15) is 0 Å². The third-order valence-corrected chi connectivity index (χ3v) is 5.49. The molecule has 22 heavy (non-hydrogen) atoms. The Balaban J connectivity index is 4.34. The molecule has 0 unspecified atom stereocenters. The van der Waals surface area contributed by atoms with Crippen molar-refractivity contribution >= 4 is 5.91 Å². The predicted octanol–water partition coefficient (Wildman–Crippen LogP) is 5.08. The fraction of sp³-hybridized carbons (Fsp3) is 0.947. The Morgan fingerprint density at radius 2 is 1.55 bits per heavy atom. The molecule has 0 atom stereocenters. The number of carbonyl (C=O) groups excluding carboxylic acids is 1. The van der Waals surface area contributed by atoms with Crippen LogP contribution in [0.1, 0.15) is 92.9 Å². The van der Waals surface area contributed by atoms with E-state index in [1.165, 1.54) is 12.8 Å². The summed E-state index contributed by atoms with van der Waals surface area (Å²) in [5.41, 5.74) is 0.310. The second-order valence-corrected chi connectivity index (χ2v) is 6.86. The lowest BCUT2D eigenvalue weighted by Crippen LogP contribution is -2.37. The van der Waals surface area contributed by atoms with E-state index in [2.05, 4.69) is 39.9 Å². The van der Waals surface area contributed by atoms with Gasteiger partial charge in [-0.05, 0) is 37.5 Å². The molecule has 1 N–H and O–H groups in total. The number of amides is 1. The van der Waals surface area contributed by atoms with Crippen molar-refractivity contribution in [3.05, 3.63) is 0 Å². The normalized spacial score (nSPS) is 12.5. The number of ether oxygens (including phenoxy) is 1. The van der Waals surface area contributed by atoms with Crippen LogP contribution in [-0.2, 0) is 9.53 Å². The monoisotopic (exact) mass is 313 g/mol. The largest absolute Gasteiger partial charge is 0.375 e. The maximum absolute atomic E-state index is 11.6. The van der Waals surface area contributed by atoms with Crippen LogP contribution in [0.15, 0.2) is 0 Å². The summed E-state index contributed by atoms with van der Waals surface area (Å²) >= 11 is 0. The molecule has 0 aliphatic rings. The van der Waals surface area contributed by atoms with Crippen molar-refractivity contribution in [3.8, 4) is 0 Å². The van der Waals surface area contributed by atoms with Crippen LogP contribution >= 0.6 is 0 Å². The zero-order chi connectivity index (χ0) is 17.1. The van der Waals surface area contributed by atoms with Crippen molar-refractivity contribution in [1.82, 2.24) is 5.32 Å². The van der Waals surface area contributed by atoms with Crippen LogP contribution in [0.25, 0.3) is 0 Å². The standard InChI is InChI=1S/C19H39NO2/c1-7-12-17(21)20-15-13-19(10-4,11-5)22-16-14-18(6,8-2)9-3/h7-16H2,1-6H3,(H,20,21). The van der Waals surface area contributed by atoms with Gasteiger partial charge in [0.25, 0.3) is 0 Å². The van der Waals surface area contributed by atoms with E-state index in [1.807, 2.05) is 6.92 Å². The van der Waals surface area contributed by atoms with Crippen LogP contribution in [0, 0.1) is 5.41 Å². The number of nitrogens with one attached hydrogen (secondary N) is 1. The van der Waals surface area contributed by atoms with Crippen molar-refractivity contribution in [2.75, 3.05) is 13.2 Å². The van der Waals surface area contributed by atoms with Gasteiger partial charge in [-0.2, -0.15) is 0 Å². The molecule has 3 heteroatoms. The predicted molar refractivity (Wildman–Crippen MR) is 95.1 cm³/mol. The van der Waals surface area contributed by atoms with Gasteiger partial charge in [0.2, 0.25) is 5.91 Å². The van der Waals surface area contributed by atoms with E-state index in [1.54, 1.807) is 0 Å². The van der Waals surface area contributed by atoms with Crippen molar-refractivity contribution in [2.24, 2.45) is 5.41 Å². The third-order valence-electron chi connectivity index (χ3n) is 5.49. The van der Waals surface area contributed by atoms with Gasteiger partial charge < -0.3 is 10.1 Å². The molecule has 0 aliphatic heterocycles. The van der Waals surface area contributed by atoms with E-state index in [9.17, 15) is 4.79 Å². The van der Waals surface area contributed by atoms with E-state index < -0.39 is 0 Å².